The molecule has 1 rings (SSSR count). The third kappa shape index (κ3) is 2.09. The lowest BCUT2D eigenvalue weighted by Crippen LogP contribution is -2.23. The molecule has 1 aromatic heterocycles. The number of aromatic nitrogens is 2. The van der Waals surface area contributed by atoms with Crippen LogP contribution in [0.25, 0.3) is 0 Å². The van der Waals surface area contributed by atoms with Crippen LogP contribution in [0.2, 0.25) is 5.15 Å². The maximum absolute atomic E-state index is 11.4. The van der Waals surface area contributed by atoms with Crippen LogP contribution in [0.5, 0.6) is 0 Å². The van der Waals surface area contributed by atoms with Gasteiger partial charge in [-0.05, 0) is 6.92 Å². The summed E-state index contributed by atoms with van der Waals surface area (Å²) in [5.41, 5.74) is 5.90. The second kappa shape index (κ2) is 3.62. The lowest BCUT2D eigenvalue weighted by atomic mass is 10.3. The topological polar surface area (TPSA) is 60.9 Å². The summed E-state index contributed by atoms with van der Waals surface area (Å²) in [4.78, 5) is 15.2. The molecule has 0 spiro atoms. The van der Waals surface area contributed by atoms with E-state index in [-0.39, 0.29) is 16.4 Å². The largest absolute Gasteiger partial charge is 0.392 e. The van der Waals surface area contributed by atoms with Gasteiger partial charge in [0.05, 0.1) is 6.33 Å². The summed E-state index contributed by atoms with van der Waals surface area (Å²) in [5, 5.41) is 0.0444. The second-order valence-electron chi connectivity index (χ2n) is 2.84. The van der Waals surface area contributed by atoms with E-state index in [1.807, 2.05) is 6.92 Å². The van der Waals surface area contributed by atoms with Crippen molar-refractivity contribution in [3.05, 3.63) is 34.0 Å². The van der Waals surface area contributed by atoms with Crippen molar-refractivity contribution in [2.24, 2.45) is 0 Å². The molecule has 1 aromatic rings. The lowest BCUT2D eigenvalue weighted by Gasteiger charge is -2.05. The minimum atomic E-state index is -0.331. The molecular weight excluding hydrogens is 190 g/mol. The van der Waals surface area contributed by atoms with Gasteiger partial charge in [0.25, 0.3) is 5.56 Å². The Labute approximate surface area is 80.7 Å². The molecule has 4 nitrogen and oxygen atoms in total. The monoisotopic (exact) mass is 199 g/mol. The number of halogens is 1. The molecule has 1 heterocycles. The molecule has 5 heteroatoms. The Bertz CT molecular complexity index is 397. The van der Waals surface area contributed by atoms with Crippen molar-refractivity contribution < 1.29 is 0 Å². The number of rotatable bonds is 2. The Kier molecular flexibility index (Phi) is 2.72. The number of anilines is 1. The molecule has 0 aliphatic heterocycles. The molecule has 0 amide bonds. The molecule has 0 aliphatic rings. The highest BCUT2D eigenvalue weighted by Crippen LogP contribution is 2.08. The van der Waals surface area contributed by atoms with Crippen LogP contribution >= 0.6 is 11.6 Å². The summed E-state index contributed by atoms with van der Waals surface area (Å²) in [5.74, 6) is 0. The minimum Gasteiger partial charge on any atom is -0.392 e. The van der Waals surface area contributed by atoms with Crippen molar-refractivity contribution in [2.45, 2.75) is 13.5 Å². The molecule has 70 valence electrons. The van der Waals surface area contributed by atoms with Crippen molar-refractivity contribution in [2.75, 3.05) is 5.73 Å². The highest BCUT2D eigenvalue weighted by Gasteiger charge is 2.05. The third-order valence-electron chi connectivity index (χ3n) is 1.46. The third-order valence-corrected chi connectivity index (χ3v) is 1.77. The van der Waals surface area contributed by atoms with Crippen molar-refractivity contribution in [1.82, 2.24) is 9.55 Å². The average Bonchev–Trinajstić information content (AvgIpc) is 2.06. The molecular formula is C8H10ClN3O. The van der Waals surface area contributed by atoms with E-state index in [1.165, 1.54) is 10.9 Å². The Morgan fingerprint density at radius 1 is 1.85 bits per heavy atom. The van der Waals surface area contributed by atoms with Gasteiger partial charge in [-0.2, -0.15) is 0 Å². The summed E-state index contributed by atoms with van der Waals surface area (Å²) >= 11 is 5.55. The van der Waals surface area contributed by atoms with Gasteiger partial charge in [-0.25, -0.2) is 4.98 Å². The maximum atomic E-state index is 11.4. The molecule has 0 aromatic carbocycles. The van der Waals surface area contributed by atoms with Crippen LogP contribution in [0.3, 0.4) is 0 Å². The SMILES string of the molecule is C=C(C)Cn1cnc(Cl)c(N)c1=O. The standard InChI is InChI=1S/C8H10ClN3O/c1-5(2)3-12-4-11-7(9)6(10)8(12)13/h4H,1,3,10H2,2H3. The fourth-order valence-electron chi connectivity index (χ4n) is 0.889. The van der Waals surface area contributed by atoms with Gasteiger partial charge in [-0.3, -0.25) is 9.36 Å². The molecule has 0 saturated heterocycles. The first-order valence-corrected chi connectivity index (χ1v) is 4.05. The van der Waals surface area contributed by atoms with Crippen molar-refractivity contribution in [3.8, 4) is 0 Å². The van der Waals surface area contributed by atoms with Crippen molar-refractivity contribution in [1.29, 1.82) is 0 Å². The lowest BCUT2D eigenvalue weighted by molar-refractivity contribution is 0.730. The Morgan fingerprint density at radius 2 is 2.46 bits per heavy atom. The van der Waals surface area contributed by atoms with Crippen LogP contribution < -0.4 is 11.3 Å². The highest BCUT2D eigenvalue weighted by atomic mass is 35.5. The van der Waals surface area contributed by atoms with Crippen molar-refractivity contribution in [3.63, 3.8) is 0 Å². The Morgan fingerprint density at radius 3 is 3.00 bits per heavy atom. The van der Waals surface area contributed by atoms with E-state index in [9.17, 15) is 4.79 Å². The molecule has 0 bridgehead atoms. The van der Waals surface area contributed by atoms with Crippen LogP contribution in [0.1, 0.15) is 6.92 Å². The fraction of sp³-hybridized carbons (Fsp3) is 0.250. The van der Waals surface area contributed by atoms with Gasteiger partial charge in [0, 0.05) is 6.54 Å². The van der Waals surface area contributed by atoms with Gasteiger partial charge < -0.3 is 5.73 Å². The van der Waals surface area contributed by atoms with Gasteiger partial charge in [0.15, 0.2) is 5.15 Å². The number of nitrogens with two attached hydrogens (primary N) is 1. The van der Waals surface area contributed by atoms with E-state index in [4.69, 9.17) is 17.3 Å². The summed E-state index contributed by atoms with van der Waals surface area (Å²) < 4.78 is 1.36. The molecule has 0 fully saturated rings. The van der Waals surface area contributed by atoms with E-state index in [2.05, 4.69) is 11.6 Å². The minimum absolute atomic E-state index is 0.0228. The van der Waals surface area contributed by atoms with Crippen LogP contribution in [0.4, 0.5) is 5.69 Å². The number of nitrogens with zero attached hydrogens (tertiary/aromatic N) is 2. The molecule has 0 aliphatic carbocycles. The van der Waals surface area contributed by atoms with E-state index in [1.54, 1.807) is 0 Å². The normalized spacial score (nSPS) is 10.0. The summed E-state index contributed by atoms with van der Waals surface area (Å²) in [7, 11) is 0. The van der Waals surface area contributed by atoms with Crippen LogP contribution in [-0.4, -0.2) is 9.55 Å². The van der Waals surface area contributed by atoms with Gasteiger partial charge >= 0.3 is 0 Å². The zero-order chi connectivity index (χ0) is 10.0. The van der Waals surface area contributed by atoms with E-state index in [0.29, 0.717) is 6.54 Å². The quantitative estimate of drug-likeness (QED) is 0.572. The molecule has 13 heavy (non-hydrogen) atoms. The van der Waals surface area contributed by atoms with Crippen molar-refractivity contribution >= 4 is 17.3 Å². The molecule has 0 unspecified atom stereocenters. The second-order valence-corrected chi connectivity index (χ2v) is 3.20. The zero-order valence-electron chi connectivity index (χ0n) is 7.25. The molecule has 2 N–H and O–H groups in total. The van der Waals surface area contributed by atoms with E-state index >= 15 is 0 Å². The molecule has 0 radical (unpaired) electrons. The smallest absolute Gasteiger partial charge is 0.278 e. The predicted molar refractivity (Wildman–Crippen MR) is 52.7 cm³/mol. The summed E-state index contributed by atoms with van der Waals surface area (Å²) in [6, 6.07) is 0. The maximum Gasteiger partial charge on any atom is 0.278 e. The van der Waals surface area contributed by atoms with Gasteiger partial charge in [0.1, 0.15) is 5.69 Å². The summed E-state index contributed by atoms with van der Waals surface area (Å²) in [6.07, 6.45) is 1.36. The van der Waals surface area contributed by atoms with Crippen LogP contribution in [-0.2, 0) is 6.54 Å². The first kappa shape index (κ1) is 9.80. The highest BCUT2D eigenvalue weighted by molar-refractivity contribution is 6.31. The fourth-order valence-corrected chi connectivity index (χ4v) is 1.01. The Balaban J connectivity index is 3.19. The summed E-state index contributed by atoms with van der Waals surface area (Å²) in [6.45, 7) is 5.91. The first-order valence-electron chi connectivity index (χ1n) is 3.67. The molecule has 0 saturated carbocycles. The number of allylic oxidation sites excluding steroid dienone is 1. The Hall–Kier alpha value is -1.29. The van der Waals surface area contributed by atoms with Crippen LogP contribution in [0.15, 0.2) is 23.3 Å². The van der Waals surface area contributed by atoms with Crippen LogP contribution in [0, 0.1) is 0 Å². The predicted octanol–water partition coefficient (Wildman–Crippen LogP) is 1.05. The van der Waals surface area contributed by atoms with Gasteiger partial charge in [-0.1, -0.05) is 23.8 Å². The zero-order valence-corrected chi connectivity index (χ0v) is 8.01. The van der Waals surface area contributed by atoms with Gasteiger partial charge in [0.2, 0.25) is 0 Å². The molecule has 0 atom stereocenters. The average molecular weight is 200 g/mol. The van der Waals surface area contributed by atoms with E-state index in [0.717, 1.165) is 5.57 Å². The number of hydrogen-bond acceptors (Lipinski definition) is 3. The van der Waals surface area contributed by atoms with Gasteiger partial charge in [-0.15, -0.1) is 0 Å². The number of nitrogen functional groups attached to an aromatic ring is 1. The first-order chi connectivity index (χ1) is 6.02. The number of hydrogen-bond donors (Lipinski definition) is 1. The van der Waals surface area contributed by atoms with E-state index < -0.39 is 0 Å².